The lowest BCUT2D eigenvalue weighted by Crippen LogP contribution is -2.14. The van der Waals surface area contributed by atoms with E-state index in [1.165, 1.54) is 0 Å². The number of carbonyl (C=O) groups is 1. The van der Waals surface area contributed by atoms with Gasteiger partial charge in [-0.3, -0.25) is 4.79 Å². The number of allylic oxidation sites excluding steroid dienone is 3. The highest BCUT2D eigenvalue weighted by Crippen LogP contribution is 2.59. The Morgan fingerprint density at radius 3 is 2.19 bits per heavy atom. The first-order valence-corrected chi connectivity index (χ1v) is 8.27. The van der Waals surface area contributed by atoms with Gasteiger partial charge in [-0.05, 0) is 24.7 Å². The maximum absolute atomic E-state index is 14.1. The molecule has 0 amide bonds. The summed E-state index contributed by atoms with van der Waals surface area (Å²) in [7, 11) is 0. The molecule has 3 nitrogen and oxygen atoms in total. The van der Waals surface area contributed by atoms with Crippen LogP contribution in [0.4, 0.5) is 17.6 Å². The van der Waals surface area contributed by atoms with Gasteiger partial charge < -0.3 is 4.74 Å². The van der Waals surface area contributed by atoms with Crippen molar-refractivity contribution in [1.82, 2.24) is 0 Å². The van der Waals surface area contributed by atoms with E-state index in [0.29, 0.717) is 5.57 Å². The van der Waals surface area contributed by atoms with Gasteiger partial charge in [0.1, 0.15) is 6.61 Å². The summed E-state index contributed by atoms with van der Waals surface area (Å²) in [6, 6.07) is 1.95. The molecule has 1 aromatic carbocycles. The summed E-state index contributed by atoms with van der Waals surface area (Å²) in [6.45, 7) is 7.52. The number of hydrogen-bond acceptors (Lipinski definition) is 3. The van der Waals surface area contributed by atoms with Crippen LogP contribution in [0.15, 0.2) is 24.3 Å². The monoisotopic (exact) mass is 381 g/mol. The largest absolute Gasteiger partial charge is 0.460 e. The first-order chi connectivity index (χ1) is 12.6. The second kappa shape index (κ2) is 7.55. The highest BCUT2D eigenvalue weighted by atomic mass is 19.2. The second-order valence-electron chi connectivity index (χ2n) is 7.10. The lowest BCUT2D eigenvalue weighted by molar-refractivity contribution is -0.147. The van der Waals surface area contributed by atoms with Crippen molar-refractivity contribution in [3.05, 3.63) is 58.7 Å². The molecule has 0 spiro atoms. The molecular weight excluding hydrogens is 362 g/mol. The summed E-state index contributed by atoms with van der Waals surface area (Å²) in [5, 5.41) is 8.84. The Hall–Kier alpha value is -2.62. The van der Waals surface area contributed by atoms with E-state index in [4.69, 9.17) is 10.00 Å². The summed E-state index contributed by atoms with van der Waals surface area (Å²) in [4.78, 5) is 12.3. The summed E-state index contributed by atoms with van der Waals surface area (Å²) in [5.41, 5.74) is -1.81. The fraction of sp³-hybridized carbons (Fsp3) is 0.400. The fourth-order valence-corrected chi connectivity index (χ4v) is 3.15. The summed E-state index contributed by atoms with van der Waals surface area (Å²) in [6.07, 6.45) is 2.37. The number of hydrogen-bond donors (Lipinski definition) is 0. The van der Waals surface area contributed by atoms with E-state index in [2.05, 4.69) is 6.58 Å². The van der Waals surface area contributed by atoms with Crippen LogP contribution in [0.5, 0.6) is 0 Å². The van der Waals surface area contributed by atoms with Crippen LogP contribution in [0.1, 0.15) is 31.9 Å². The zero-order valence-corrected chi connectivity index (χ0v) is 15.2. The predicted octanol–water partition coefficient (Wildman–Crippen LogP) is 4.76. The minimum atomic E-state index is -1.59. The molecule has 1 saturated carbocycles. The van der Waals surface area contributed by atoms with E-state index in [0.717, 1.165) is 6.08 Å². The van der Waals surface area contributed by atoms with Gasteiger partial charge in [-0.1, -0.05) is 26.0 Å². The molecule has 1 fully saturated rings. The summed E-state index contributed by atoms with van der Waals surface area (Å²) < 4.78 is 61.0. The molecule has 2 atom stereocenters. The van der Waals surface area contributed by atoms with Crippen molar-refractivity contribution < 1.29 is 27.1 Å². The van der Waals surface area contributed by atoms with Crippen molar-refractivity contribution in [2.75, 3.05) is 0 Å². The minimum Gasteiger partial charge on any atom is -0.460 e. The maximum atomic E-state index is 14.1. The van der Waals surface area contributed by atoms with Crippen LogP contribution in [-0.2, 0) is 22.6 Å². The first kappa shape index (κ1) is 20.7. The molecular formula is C20H19F4NO2. The molecule has 0 heterocycles. The van der Waals surface area contributed by atoms with Crippen molar-refractivity contribution in [3.63, 3.8) is 0 Å². The molecule has 27 heavy (non-hydrogen) atoms. The third-order valence-corrected chi connectivity index (χ3v) is 4.92. The molecule has 1 aromatic rings. The lowest BCUT2D eigenvalue weighted by Gasteiger charge is -2.12. The van der Waals surface area contributed by atoms with Crippen LogP contribution in [0, 0.1) is 51.9 Å². The number of benzene rings is 1. The van der Waals surface area contributed by atoms with Gasteiger partial charge >= 0.3 is 5.97 Å². The number of esters is 1. The van der Waals surface area contributed by atoms with Gasteiger partial charge in [-0.2, -0.15) is 5.26 Å². The van der Waals surface area contributed by atoms with Gasteiger partial charge in [0.2, 0.25) is 0 Å². The molecule has 1 aliphatic rings. The quantitative estimate of drug-likeness (QED) is 0.235. The smallest absolute Gasteiger partial charge is 0.310 e. The van der Waals surface area contributed by atoms with Crippen molar-refractivity contribution in [1.29, 1.82) is 5.26 Å². The standard InChI is InChI=1S/C20H19F4NO2/c1-5-6-11-15(21)17(23)12(18(24)16(11)22)9-27-19(26)14-13(20(14,3)4)7-10(2)8-25/h5,7,13-14H,1,6,9H2,2-4H3/t13-,14+/m1/s1. The van der Waals surface area contributed by atoms with Crippen LogP contribution in [0.25, 0.3) is 0 Å². The average molecular weight is 381 g/mol. The van der Waals surface area contributed by atoms with Gasteiger partial charge in [0, 0.05) is 11.1 Å². The molecule has 0 unspecified atom stereocenters. The first-order valence-electron chi connectivity index (χ1n) is 8.27. The summed E-state index contributed by atoms with van der Waals surface area (Å²) in [5.74, 6) is -7.86. The van der Waals surface area contributed by atoms with Gasteiger partial charge in [0.15, 0.2) is 23.3 Å². The molecule has 1 aliphatic carbocycles. The highest BCUT2D eigenvalue weighted by Gasteiger charge is 2.61. The third-order valence-electron chi connectivity index (χ3n) is 4.92. The Labute approximate surface area is 154 Å². The number of nitrogens with zero attached hydrogens (tertiary/aromatic N) is 1. The van der Waals surface area contributed by atoms with E-state index in [9.17, 15) is 22.4 Å². The topological polar surface area (TPSA) is 50.1 Å². The van der Waals surface area contributed by atoms with Gasteiger partial charge in [0.05, 0.1) is 17.6 Å². The molecule has 0 N–H and O–H groups in total. The van der Waals surface area contributed by atoms with Crippen LogP contribution < -0.4 is 0 Å². The van der Waals surface area contributed by atoms with Gasteiger partial charge in [0.25, 0.3) is 0 Å². The summed E-state index contributed by atoms with van der Waals surface area (Å²) >= 11 is 0. The van der Waals surface area contributed by atoms with E-state index >= 15 is 0 Å². The number of carbonyl (C=O) groups excluding carboxylic acids is 1. The van der Waals surface area contributed by atoms with Crippen LogP contribution >= 0.6 is 0 Å². The Morgan fingerprint density at radius 2 is 1.70 bits per heavy atom. The van der Waals surface area contributed by atoms with Gasteiger partial charge in [-0.25, -0.2) is 17.6 Å². The lowest BCUT2D eigenvalue weighted by atomic mass is 10.1. The maximum Gasteiger partial charge on any atom is 0.310 e. The normalized spacial score (nSPS) is 20.7. The van der Waals surface area contributed by atoms with Crippen molar-refractivity contribution in [2.45, 2.75) is 33.8 Å². The number of ether oxygens (including phenoxy) is 1. The van der Waals surface area contributed by atoms with Crippen LogP contribution in [-0.4, -0.2) is 5.97 Å². The molecule has 144 valence electrons. The third kappa shape index (κ3) is 3.75. The Morgan fingerprint density at radius 1 is 1.19 bits per heavy atom. The van der Waals surface area contributed by atoms with E-state index in [1.807, 2.05) is 6.07 Å². The van der Waals surface area contributed by atoms with Crippen molar-refractivity contribution >= 4 is 5.97 Å². The number of halogens is 4. The molecule has 0 saturated heterocycles. The Kier molecular flexibility index (Phi) is 5.79. The molecule has 2 rings (SSSR count). The zero-order chi connectivity index (χ0) is 20.5. The molecule has 0 aliphatic heterocycles. The zero-order valence-electron chi connectivity index (χ0n) is 15.2. The minimum absolute atomic E-state index is 0.261. The van der Waals surface area contributed by atoms with E-state index < -0.39 is 58.3 Å². The van der Waals surface area contributed by atoms with E-state index in [-0.39, 0.29) is 12.3 Å². The predicted molar refractivity (Wildman–Crippen MR) is 90.1 cm³/mol. The Bertz CT molecular complexity index is 839. The highest BCUT2D eigenvalue weighted by molar-refractivity contribution is 5.78. The van der Waals surface area contributed by atoms with Crippen LogP contribution in [0.3, 0.4) is 0 Å². The van der Waals surface area contributed by atoms with Crippen molar-refractivity contribution in [2.24, 2.45) is 17.3 Å². The second-order valence-corrected chi connectivity index (χ2v) is 7.10. The number of nitriles is 1. The van der Waals surface area contributed by atoms with Crippen LogP contribution in [0.2, 0.25) is 0 Å². The SMILES string of the molecule is C=CCc1c(F)c(F)c(COC(=O)[C@@H]2[C@@H](C=C(C)C#N)C2(C)C)c(F)c1F. The fourth-order valence-electron chi connectivity index (χ4n) is 3.15. The Balaban J connectivity index is 2.19. The molecule has 0 radical (unpaired) electrons. The van der Waals surface area contributed by atoms with Crippen molar-refractivity contribution in [3.8, 4) is 6.07 Å². The van der Waals surface area contributed by atoms with Gasteiger partial charge in [-0.15, -0.1) is 6.58 Å². The average Bonchev–Trinajstić information content (AvgIpc) is 3.16. The molecule has 7 heteroatoms. The molecule has 0 aromatic heterocycles. The molecule has 0 bridgehead atoms. The number of rotatable bonds is 6. The van der Waals surface area contributed by atoms with E-state index in [1.54, 1.807) is 26.8 Å².